The number of nitrogens with zero attached hydrogens (tertiary/aromatic N) is 2. The molecule has 4 rings (SSSR count). The first kappa shape index (κ1) is 36.2. The number of benzene rings is 2. The fourth-order valence-electron chi connectivity index (χ4n) is 5.37. The molecule has 0 bridgehead atoms. The van der Waals surface area contributed by atoms with Gasteiger partial charge < -0.3 is 34.2 Å². The molecule has 1 saturated heterocycles. The highest BCUT2D eigenvalue weighted by molar-refractivity contribution is 5.91. The number of aliphatic hydroxyl groups excluding tert-OH is 1. The van der Waals surface area contributed by atoms with Gasteiger partial charge >= 0.3 is 6.09 Å². The maximum absolute atomic E-state index is 14.1. The van der Waals surface area contributed by atoms with Crippen molar-refractivity contribution in [2.45, 2.75) is 84.0 Å². The summed E-state index contributed by atoms with van der Waals surface area (Å²) in [5.41, 5.74) is 2.92. The van der Waals surface area contributed by atoms with Crippen molar-refractivity contribution in [3.05, 3.63) is 66.2 Å². The lowest BCUT2D eigenvalue weighted by atomic mass is 9.91. The number of alkyl carbamates (subject to hydrolysis) is 1. The lowest BCUT2D eigenvalue weighted by molar-refractivity contribution is -0.143. The molecule has 1 aliphatic heterocycles. The predicted octanol–water partition coefficient (Wildman–Crippen LogP) is 5.37. The van der Waals surface area contributed by atoms with E-state index in [-0.39, 0.29) is 30.6 Å². The first-order valence-electron chi connectivity index (χ1n) is 16.2. The standard InChI is InChI=1S/C35H45FN4O8/c1-22(2)31(29-20-30(38-48-29)45-18-10-6-9-17-37-34(44)46-35(3,4)5)33(43)40-21-24(41)19-28(40)32(42)39-47-25-15-13-23(14-16-25)26-11-7-8-12-27(26)36/h7-8,11-16,20,22,24,28,31,41H,6,9-10,17-19,21H2,1-5H3,(H,37,44)(H,39,42)/t24-,28+,31?/m1/s1. The second-order valence-corrected chi connectivity index (χ2v) is 13.1. The number of halogens is 1. The Bertz CT molecular complexity index is 1520. The van der Waals surface area contributed by atoms with Gasteiger partial charge in [0, 0.05) is 31.1 Å². The van der Waals surface area contributed by atoms with E-state index in [1.165, 1.54) is 11.0 Å². The third-order valence-corrected chi connectivity index (χ3v) is 7.66. The van der Waals surface area contributed by atoms with Crippen LogP contribution < -0.4 is 20.4 Å². The Hall–Kier alpha value is -4.65. The smallest absolute Gasteiger partial charge is 0.407 e. The molecule has 48 heavy (non-hydrogen) atoms. The molecular formula is C35H45FN4O8. The molecule has 1 aromatic heterocycles. The van der Waals surface area contributed by atoms with Crippen molar-refractivity contribution in [2.24, 2.45) is 5.92 Å². The molecule has 2 heterocycles. The predicted molar refractivity (Wildman–Crippen MR) is 174 cm³/mol. The van der Waals surface area contributed by atoms with Crippen molar-refractivity contribution in [2.75, 3.05) is 19.7 Å². The number of hydrogen-bond donors (Lipinski definition) is 3. The number of hydrogen-bond acceptors (Lipinski definition) is 9. The zero-order chi connectivity index (χ0) is 34.8. The van der Waals surface area contributed by atoms with Gasteiger partial charge in [-0.05, 0) is 74.9 Å². The highest BCUT2D eigenvalue weighted by Gasteiger charge is 2.43. The van der Waals surface area contributed by atoms with Crippen molar-refractivity contribution in [3.63, 3.8) is 0 Å². The number of ether oxygens (including phenoxy) is 2. The summed E-state index contributed by atoms with van der Waals surface area (Å²) in [4.78, 5) is 45.5. The Labute approximate surface area is 279 Å². The number of rotatable bonds is 14. The van der Waals surface area contributed by atoms with Crippen LogP contribution in [0.25, 0.3) is 11.1 Å². The maximum Gasteiger partial charge on any atom is 0.407 e. The number of likely N-dealkylation sites (tertiary alicyclic amines) is 1. The SMILES string of the molecule is CC(C)C(C(=O)N1C[C@H](O)C[C@H]1C(=O)NOc1ccc(-c2ccccc2F)cc1)c1cc(OCCCCCNC(=O)OC(C)(C)C)no1. The minimum absolute atomic E-state index is 0.0300. The third kappa shape index (κ3) is 10.2. The zero-order valence-corrected chi connectivity index (χ0v) is 28.0. The van der Waals surface area contributed by atoms with Crippen LogP contribution in [0.1, 0.15) is 72.0 Å². The van der Waals surface area contributed by atoms with Crippen molar-refractivity contribution in [1.29, 1.82) is 0 Å². The average Bonchev–Trinajstić information content (AvgIpc) is 3.65. The number of aliphatic hydroxyl groups is 1. The minimum Gasteiger partial charge on any atom is -0.476 e. The number of hydroxylamine groups is 1. The quantitative estimate of drug-likeness (QED) is 0.152. The fraction of sp³-hybridized carbons (Fsp3) is 0.486. The van der Waals surface area contributed by atoms with Crippen LogP contribution in [0, 0.1) is 11.7 Å². The number of amides is 3. The molecular weight excluding hydrogens is 623 g/mol. The average molecular weight is 669 g/mol. The first-order chi connectivity index (χ1) is 22.8. The number of aromatic nitrogens is 1. The summed E-state index contributed by atoms with van der Waals surface area (Å²) in [6.07, 6.45) is 0.958. The molecule has 3 aromatic rings. The molecule has 260 valence electrons. The monoisotopic (exact) mass is 668 g/mol. The Morgan fingerprint density at radius 3 is 2.50 bits per heavy atom. The van der Waals surface area contributed by atoms with Gasteiger partial charge in [0.15, 0.2) is 11.5 Å². The van der Waals surface area contributed by atoms with E-state index in [0.717, 1.165) is 12.8 Å². The lowest BCUT2D eigenvalue weighted by Crippen LogP contribution is -2.48. The Morgan fingerprint density at radius 1 is 1.08 bits per heavy atom. The van der Waals surface area contributed by atoms with Gasteiger partial charge in [-0.3, -0.25) is 9.59 Å². The molecule has 1 fully saturated rings. The summed E-state index contributed by atoms with van der Waals surface area (Å²) in [7, 11) is 0. The summed E-state index contributed by atoms with van der Waals surface area (Å²) in [6, 6.07) is 13.5. The molecule has 1 aliphatic rings. The van der Waals surface area contributed by atoms with Crippen molar-refractivity contribution >= 4 is 17.9 Å². The fourth-order valence-corrected chi connectivity index (χ4v) is 5.37. The van der Waals surface area contributed by atoms with Gasteiger partial charge in [0.25, 0.3) is 11.8 Å². The van der Waals surface area contributed by atoms with Crippen LogP contribution in [0.3, 0.4) is 0 Å². The van der Waals surface area contributed by atoms with Gasteiger partial charge in [-0.2, -0.15) is 5.48 Å². The molecule has 3 amide bonds. The third-order valence-electron chi connectivity index (χ3n) is 7.66. The number of unbranched alkanes of at least 4 members (excludes halogenated alkanes) is 2. The van der Waals surface area contributed by atoms with E-state index in [0.29, 0.717) is 42.2 Å². The highest BCUT2D eigenvalue weighted by Crippen LogP contribution is 2.32. The molecule has 0 radical (unpaired) electrons. The van der Waals surface area contributed by atoms with E-state index in [9.17, 15) is 23.9 Å². The Kier molecular flexibility index (Phi) is 12.4. The van der Waals surface area contributed by atoms with Gasteiger partial charge in [-0.15, -0.1) is 0 Å². The molecule has 1 unspecified atom stereocenters. The molecule has 13 heteroatoms. The molecule has 0 aliphatic carbocycles. The summed E-state index contributed by atoms with van der Waals surface area (Å²) in [5, 5.41) is 17.1. The Balaban J connectivity index is 1.28. The summed E-state index contributed by atoms with van der Waals surface area (Å²) in [6.45, 7) is 9.95. The first-order valence-corrected chi connectivity index (χ1v) is 16.2. The lowest BCUT2D eigenvalue weighted by Gasteiger charge is -2.28. The van der Waals surface area contributed by atoms with Gasteiger partial charge in [0.1, 0.15) is 23.4 Å². The number of carbonyl (C=O) groups excluding carboxylic acids is 3. The molecule has 3 N–H and O–H groups in total. The van der Waals surface area contributed by atoms with Crippen LogP contribution in [0.15, 0.2) is 59.1 Å². The van der Waals surface area contributed by atoms with Crippen LogP contribution in [-0.4, -0.2) is 70.5 Å². The van der Waals surface area contributed by atoms with E-state index in [1.54, 1.807) is 48.5 Å². The van der Waals surface area contributed by atoms with E-state index >= 15 is 0 Å². The van der Waals surface area contributed by atoms with E-state index in [2.05, 4.69) is 16.0 Å². The normalized spacial score (nSPS) is 16.8. The summed E-state index contributed by atoms with van der Waals surface area (Å²) < 4.78 is 30.6. The highest BCUT2D eigenvalue weighted by atomic mass is 19.1. The second kappa shape index (κ2) is 16.4. The van der Waals surface area contributed by atoms with Gasteiger partial charge in [-0.1, -0.05) is 44.2 Å². The summed E-state index contributed by atoms with van der Waals surface area (Å²) >= 11 is 0. The van der Waals surface area contributed by atoms with Crippen LogP contribution >= 0.6 is 0 Å². The molecule has 0 spiro atoms. The number of carbonyl (C=O) groups is 3. The van der Waals surface area contributed by atoms with Gasteiger partial charge in [-0.25, -0.2) is 9.18 Å². The largest absolute Gasteiger partial charge is 0.476 e. The molecule has 12 nitrogen and oxygen atoms in total. The van der Waals surface area contributed by atoms with Crippen LogP contribution in [-0.2, 0) is 14.3 Å². The second-order valence-electron chi connectivity index (χ2n) is 13.1. The topological polar surface area (TPSA) is 152 Å². The Morgan fingerprint density at radius 2 is 1.81 bits per heavy atom. The zero-order valence-electron chi connectivity index (χ0n) is 28.0. The number of nitrogens with one attached hydrogen (secondary N) is 2. The van der Waals surface area contributed by atoms with E-state index in [1.807, 2.05) is 34.6 Å². The maximum atomic E-state index is 14.1. The van der Waals surface area contributed by atoms with Crippen LogP contribution in [0.2, 0.25) is 0 Å². The van der Waals surface area contributed by atoms with Crippen molar-refractivity contribution < 1.29 is 42.7 Å². The summed E-state index contributed by atoms with van der Waals surface area (Å²) in [5.74, 6) is -1.50. The van der Waals surface area contributed by atoms with Gasteiger partial charge in [0.05, 0.1) is 12.7 Å². The van der Waals surface area contributed by atoms with Crippen molar-refractivity contribution in [1.82, 2.24) is 20.9 Å². The molecule has 0 saturated carbocycles. The van der Waals surface area contributed by atoms with E-state index < -0.39 is 41.6 Å². The van der Waals surface area contributed by atoms with Crippen LogP contribution in [0.4, 0.5) is 9.18 Å². The minimum atomic E-state index is -0.977. The number of β-amino-alcohol motifs (C(OH)–C–C–N with tert-alkyl or cyclic N) is 1. The molecule has 2 aromatic carbocycles. The molecule has 3 atom stereocenters. The van der Waals surface area contributed by atoms with E-state index in [4.69, 9.17) is 18.8 Å². The van der Waals surface area contributed by atoms with Gasteiger partial charge in [0.2, 0.25) is 5.91 Å². The van der Waals surface area contributed by atoms with Crippen molar-refractivity contribution in [3.8, 4) is 22.8 Å². The van der Waals surface area contributed by atoms with Crippen LogP contribution in [0.5, 0.6) is 11.6 Å².